The SMILES string of the molecule is Cc1cc(C)c(CNC(=O)C2(c3ccccc3)CCC2)c(=O)[nH]1. The number of benzene rings is 1. The summed E-state index contributed by atoms with van der Waals surface area (Å²) in [7, 11) is 0. The molecule has 0 spiro atoms. The smallest absolute Gasteiger partial charge is 0.253 e. The molecule has 1 aromatic carbocycles. The number of carbonyl (C=O) groups excluding carboxylic acids is 1. The van der Waals surface area contributed by atoms with E-state index < -0.39 is 5.41 Å². The fourth-order valence-corrected chi connectivity index (χ4v) is 3.37. The average Bonchev–Trinajstić information content (AvgIpc) is 2.46. The van der Waals surface area contributed by atoms with Crippen LogP contribution in [0, 0.1) is 13.8 Å². The van der Waals surface area contributed by atoms with E-state index in [1.165, 1.54) is 0 Å². The Kier molecular flexibility index (Phi) is 4.07. The molecule has 1 aliphatic rings. The number of hydrogen-bond donors (Lipinski definition) is 2. The Balaban J connectivity index is 1.79. The van der Waals surface area contributed by atoms with Crippen molar-refractivity contribution < 1.29 is 4.79 Å². The number of carbonyl (C=O) groups is 1. The third kappa shape index (κ3) is 2.81. The molecule has 0 bridgehead atoms. The molecule has 2 aromatic rings. The summed E-state index contributed by atoms with van der Waals surface area (Å²) in [5, 5.41) is 2.98. The predicted molar refractivity (Wildman–Crippen MR) is 90.4 cm³/mol. The molecule has 4 heteroatoms. The van der Waals surface area contributed by atoms with Crippen molar-refractivity contribution in [3.63, 3.8) is 0 Å². The van der Waals surface area contributed by atoms with E-state index in [0.717, 1.165) is 36.1 Å². The molecule has 1 heterocycles. The Bertz CT molecular complexity index is 774. The number of amides is 1. The van der Waals surface area contributed by atoms with Crippen LogP contribution in [-0.2, 0) is 16.8 Å². The number of aromatic nitrogens is 1. The summed E-state index contributed by atoms with van der Waals surface area (Å²) in [5.41, 5.74) is 2.90. The fraction of sp³-hybridized carbons (Fsp3) is 0.368. The van der Waals surface area contributed by atoms with Gasteiger partial charge in [0.05, 0.1) is 5.41 Å². The second-order valence-electron chi connectivity index (χ2n) is 6.43. The number of hydrogen-bond acceptors (Lipinski definition) is 2. The lowest BCUT2D eigenvalue weighted by atomic mass is 9.64. The normalized spacial score (nSPS) is 15.7. The molecule has 3 rings (SSSR count). The molecule has 2 N–H and O–H groups in total. The molecule has 1 amide bonds. The largest absolute Gasteiger partial charge is 0.351 e. The van der Waals surface area contributed by atoms with Crippen LogP contribution in [0.5, 0.6) is 0 Å². The van der Waals surface area contributed by atoms with Crippen molar-refractivity contribution in [1.82, 2.24) is 10.3 Å². The van der Waals surface area contributed by atoms with Gasteiger partial charge < -0.3 is 10.3 Å². The lowest BCUT2D eigenvalue weighted by Gasteiger charge is -2.40. The Morgan fingerprint density at radius 2 is 1.91 bits per heavy atom. The lowest BCUT2D eigenvalue weighted by Crippen LogP contribution is -2.49. The first-order valence-electron chi connectivity index (χ1n) is 8.06. The van der Waals surface area contributed by atoms with E-state index in [2.05, 4.69) is 10.3 Å². The van der Waals surface area contributed by atoms with Gasteiger partial charge in [0.2, 0.25) is 5.91 Å². The van der Waals surface area contributed by atoms with Crippen molar-refractivity contribution in [3.8, 4) is 0 Å². The molecule has 120 valence electrons. The molecule has 0 aliphatic heterocycles. The van der Waals surface area contributed by atoms with Crippen molar-refractivity contribution in [2.24, 2.45) is 0 Å². The van der Waals surface area contributed by atoms with Gasteiger partial charge in [-0.3, -0.25) is 9.59 Å². The topological polar surface area (TPSA) is 62.0 Å². The summed E-state index contributed by atoms with van der Waals surface area (Å²) < 4.78 is 0. The van der Waals surface area contributed by atoms with Gasteiger partial charge in [-0.15, -0.1) is 0 Å². The van der Waals surface area contributed by atoms with Crippen LogP contribution in [0.2, 0.25) is 0 Å². The van der Waals surface area contributed by atoms with Crippen molar-refractivity contribution >= 4 is 5.91 Å². The van der Waals surface area contributed by atoms with Gasteiger partial charge in [-0.05, 0) is 43.9 Å². The first-order valence-corrected chi connectivity index (χ1v) is 8.06. The third-order valence-electron chi connectivity index (χ3n) is 4.89. The minimum Gasteiger partial charge on any atom is -0.351 e. The lowest BCUT2D eigenvalue weighted by molar-refractivity contribution is -0.130. The van der Waals surface area contributed by atoms with E-state index >= 15 is 0 Å². The molecule has 1 aliphatic carbocycles. The summed E-state index contributed by atoms with van der Waals surface area (Å²) in [5.74, 6) is 0.0225. The first-order chi connectivity index (χ1) is 11.0. The van der Waals surface area contributed by atoms with E-state index in [1.807, 2.05) is 50.2 Å². The Labute approximate surface area is 135 Å². The molecule has 0 saturated heterocycles. The van der Waals surface area contributed by atoms with Crippen LogP contribution in [0.25, 0.3) is 0 Å². The minimum atomic E-state index is -0.424. The third-order valence-corrected chi connectivity index (χ3v) is 4.89. The maximum atomic E-state index is 12.8. The molecule has 1 aromatic heterocycles. The van der Waals surface area contributed by atoms with Crippen molar-refractivity contribution in [3.05, 3.63) is 69.1 Å². The Morgan fingerprint density at radius 3 is 2.48 bits per heavy atom. The molecule has 0 unspecified atom stereocenters. The van der Waals surface area contributed by atoms with E-state index in [-0.39, 0.29) is 18.0 Å². The monoisotopic (exact) mass is 310 g/mol. The van der Waals surface area contributed by atoms with Crippen LogP contribution < -0.4 is 10.9 Å². The van der Waals surface area contributed by atoms with E-state index in [9.17, 15) is 9.59 Å². The molecule has 23 heavy (non-hydrogen) atoms. The summed E-state index contributed by atoms with van der Waals surface area (Å²) in [6, 6.07) is 11.9. The van der Waals surface area contributed by atoms with Crippen molar-refractivity contribution in [2.75, 3.05) is 0 Å². The minimum absolute atomic E-state index is 0.0225. The van der Waals surface area contributed by atoms with Crippen LogP contribution >= 0.6 is 0 Å². The second-order valence-corrected chi connectivity index (χ2v) is 6.43. The van der Waals surface area contributed by atoms with E-state index in [4.69, 9.17) is 0 Å². The van der Waals surface area contributed by atoms with Gasteiger partial charge in [-0.2, -0.15) is 0 Å². The standard InChI is InChI=1S/C19H22N2O2/c1-13-11-14(2)21-17(22)16(13)12-20-18(23)19(9-6-10-19)15-7-4-3-5-8-15/h3-5,7-8,11H,6,9-10,12H2,1-2H3,(H,20,23)(H,21,22). The molecular formula is C19H22N2O2. The number of H-pyrrole nitrogens is 1. The average molecular weight is 310 g/mol. The first kappa shape index (κ1) is 15.5. The van der Waals surface area contributed by atoms with Gasteiger partial charge >= 0.3 is 0 Å². The van der Waals surface area contributed by atoms with Gasteiger partial charge in [0.15, 0.2) is 0 Å². The summed E-state index contributed by atoms with van der Waals surface area (Å²) in [6.07, 6.45) is 2.80. The summed E-state index contributed by atoms with van der Waals surface area (Å²) >= 11 is 0. The quantitative estimate of drug-likeness (QED) is 0.912. The number of aryl methyl sites for hydroxylation is 2. The maximum absolute atomic E-state index is 12.8. The van der Waals surface area contributed by atoms with E-state index in [0.29, 0.717) is 5.56 Å². The highest BCUT2D eigenvalue weighted by molar-refractivity contribution is 5.89. The van der Waals surface area contributed by atoms with Crippen LogP contribution in [0.1, 0.15) is 41.6 Å². The Morgan fingerprint density at radius 1 is 1.22 bits per heavy atom. The van der Waals surface area contributed by atoms with Crippen LogP contribution in [0.3, 0.4) is 0 Å². The molecule has 0 atom stereocenters. The molecule has 4 nitrogen and oxygen atoms in total. The van der Waals surface area contributed by atoms with Crippen LogP contribution in [-0.4, -0.2) is 10.9 Å². The van der Waals surface area contributed by atoms with Gasteiger partial charge in [0.1, 0.15) is 0 Å². The van der Waals surface area contributed by atoms with E-state index in [1.54, 1.807) is 0 Å². The number of rotatable bonds is 4. The highest BCUT2D eigenvalue weighted by Crippen LogP contribution is 2.43. The predicted octanol–water partition coefficient (Wildman–Crippen LogP) is 2.73. The highest BCUT2D eigenvalue weighted by atomic mass is 16.2. The van der Waals surface area contributed by atoms with Gasteiger partial charge in [0.25, 0.3) is 5.56 Å². The zero-order chi connectivity index (χ0) is 16.4. The molecular weight excluding hydrogens is 288 g/mol. The van der Waals surface area contributed by atoms with Gasteiger partial charge in [0, 0.05) is 17.8 Å². The molecule has 1 saturated carbocycles. The Hall–Kier alpha value is -2.36. The zero-order valence-electron chi connectivity index (χ0n) is 13.6. The number of pyridine rings is 1. The van der Waals surface area contributed by atoms with Crippen LogP contribution in [0.15, 0.2) is 41.2 Å². The highest BCUT2D eigenvalue weighted by Gasteiger charge is 2.45. The fourth-order valence-electron chi connectivity index (χ4n) is 3.37. The number of aromatic amines is 1. The van der Waals surface area contributed by atoms with Gasteiger partial charge in [-0.1, -0.05) is 36.8 Å². The maximum Gasteiger partial charge on any atom is 0.253 e. The van der Waals surface area contributed by atoms with Gasteiger partial charge in [-0.25, -0.2) is 0 Å². The van der Waals surface area contributed by atoms with Crippen molar-refractivity contribution in [1.29, 1.82) is 0 Å². The zero-order valence-corrected chi connectivity index (χ0v) is 13.6. The van der Waals surface area contributed by atoms with Crippen molar-refractivity contribution in [2.45, 2.75) is 45.1 Å². The van der Waals surface area contributed by atoms with Crippen LogP contribution in [0.4, 0.5) is 0 Å². The molecule has 0 radical (unpaired) electrons. The summed E-state index contributed by atoms with van der Waals surface area (Å²) in [4.78, 5) is 27.7. The second kappa shape index (κ2) is 6.03. The summed E-state index contributed by atoms with van der Waals surface area (Å²) in [6.45, 7) is 4.03. The molecule has 1 fully saturated rings. The number of nitrogens with one attached hydrogen (secondary N) is 2.